The summed E-state index contributed by atoms with van der Waals surface area (Å²) in [7, 11) is -2.98. The van der Waals surface area contributed by atoms with E-state index in [1.807, 2.05) is 31.2 Å². The number of benzene rings is 1. The second kappa shape index (κ2) is 6.71. The van der Waals surface area contributed by atoms with Crippen molar-refractivity contribution in [3.8, 4) is 0 Å². The maximum atomic E-state index is 11.5. The van der Waals surface area contributed by atoms with E-state index in [1.165, 1.54) is 0 Å². The Morgan fingerprint density at radius 1 is 1.10 bits per heavy atom. The van der Waals surface area contributed by atoms with E-state index in [-0.39, 0.29) is 11.5 Å². The maximum absolute atomic E-state index is 11.5. The summed E-state index contributed by atoms with van der Waals surface area (Å²) in [6.45, 7) is 4.68. The van der Waals surface area contributed by atoms with Crippen LogP contribution in [-0.2, 0) is 9.84 Å². The van der Waals surface area contributed by atoms with Gasteiger partial charge in [-0.15, -0.1) is 0 Å². The third kappa shape index (κ3) is 4.04. The molecule has 0 spiro atoms. The molecular weight excluding hydrogens is 288 g/mol. The Morgan fingerprint density at radius 2 is 1.86 bits per heavy atom. The van der Waals surface area contributed by atoms with E-state index in [2.05, 4.69) is 20.6 Å². The highest BCUT2D eigenvalue weighted by Crippen LogP contribution is 2.21. The van der Waals surface area contributed by atoms with Crippen LogP contribution in [0.2, 0.25) is 0 Å². The summed E-state index contributed by atoms with van der Waals surface area (Å²) in [6, 6.07) is 7.65. The number of hydrogen-bond acceptors (Lipinski definition) is 6. The molecule has 1 heterocycles. The molecule has 0 aliphatic carbocycles. The zero-order valence-corrected chi connectivity index (χ0v) is 13.1. The summed E-state index contributed by atoms with van der Waals surface area (Å²) in [4.78, 5) is 8.83. The highest BCUT2D eigenvalue weighted by atomic mass is 32.2. The first-order valence-corrected chi connectivity index (χ1v) is 8.83. The molecule has 0 aliphatic rings. The summed E-state index contributed by atoms with van der Waals surface area (Å²) in [5.74, 6) is 1.44. The van der Waals surface area contributed by atoms with Crippen LogP contribution in [0.15, 0.2) is 24.3 Å². The number of anilines is 2. The Morgan fingerprint density at radius 3 is 2.57 bits per heavy atom. The minimum atomic E-state index is -2.98. The van der Waals surface area contributed by atoms with Crippen LogP contribution < -0.4 is 10.6 Å². The molecule has 21 heavy (non-hydrogen) atoms. The lowest BCUT2D eigenvalue weighted by atomic mass is 10.2. The zero-order chi connectivity index (χ0) is 15.3. The molecule has 0 saturated carbocycles. The van der Waals surface area contributed by atoms with Crippen LogP contribution in [0.4, 0.5) is 11.8 Å². The van der Waals surface area contributed by atoms with Gasteiger partial charge in [0.15, 0.2) is 9.84 Å². The van der Waals surface area contributed by atoms with E-state index in [9.17, 15) is 8.42 Å². The Balaban J connectivity index is 2.24. The average molecular weight is 308 g/mol. The van der Waals surface area contributed by atoms with Gasteiger partial charge in [-0.25, -0.2) is 13.4 Å². The molecule has 2 rings (SSSR count). The summed E-state index contributed by atoms with van der Waals surface area (Å²) < 4.78 is 23.1. The second-order valence-corrected chi connectivity index (χ2v) is 7.08. The molecule has 1 aromatic carbocycles. The number of hydrogen-bond donors (Lipinski definition) is 2. The molecule has 0 amide bonds. The molecule has 0 atom stereocenters. The molecule has 1 aromatic heterocycles. The molecule has 0 fully saturated rings. The Kier molecular flexibility index (Phi) is 4.95. The fraction of sp³-hybridized carbons (Fsp3) is 0.429. The number of nitrogens with one attached hydrogen (secondary N) is 2. The monoisotopic (exact) mass is 308 g/mol. The van der Waals surface area contributed by atoms with Gasteiger partial charge in [-0.3, -0.25) is 0 Å². The van der Waals surface area contributed by atoms with Gasteiger partial charge in [0, 0.05) is 24.2 Å². The largest absolute Gasteiger partial charge is 0.368 e. The van der Waals surface area contributed by atoms with Gasteiger partial charge in [-0.05, 0) is 19.1 Å². The van der Waals surface area contributed by atoms with E-state index in [4.69, 9.17) is 0 Å². The third-order valence-electron chi connectivity index (χ3n) is 3.08. The van der Waals surface area contributed by atoms with Crippen molar-refractivity contribution in [3.05, 3.63) is 24.3 Å². The molecule has 2 aromatic rings. The van der Waals surface area contributed by atoms with E-state index >= 15 is 0 Å². The van der Waals surface area contributed by atoms with Gasteiger partial charge in [0.25, 0.3) is 0 Å². The minimum Gasteiger partial charge on any atom is -0.368 e. The maximum Gasteiger partial charge on any atom is 0.225 e. The predicted molar refractivity (Wildman–Crippen MR) is 86.5 cm³/mol. The van der Waals surface area contributed by atoms with Crippen LogP contribution in [0, 0.1) is 0 Å². The van der Waals surface area contributed by atoms with Crippen LogP contribution in [0.25, 0.3) is 10.9 Å². The third-order valence-corrected chi connectivity index (χ3v) is 4.79. The Labute approximate surface area is 124 Å². The lowest BCUT2D eigenvalue weighted by Gasteiger charge is -2.11. The zero-order valence-electron chi connectivity index (χ0n) is 12.3. The first-order chi connectivity index (χ1) is 10.1. The normalized spacial score (nSPS) is 11.5. The fourth-order valence-electron chi connectivity index (χ4n) is 1.92. The van der Waals surface area contributed by atoms with Crippen molar-refractivity contribution in [2.24, 2.45) is 0 Å². The van der Waals surface area contributed by atoms with Gasteiger partial charge in [0.05, 0.1) is 11.3 Å². The summed E-state index contributed by atoms with van der Waals surface area (Å²) in [5.41, 5.74) is 0.823. The first-order valence-electron chi connectivity index (χ1n) is 7.00. The lowest BCUT2D eigenvalue weighted by Crippen LogP contribution is -2.18. The molecular formula is C14H20N4O2S. The number of fused-ring (bicyclic) bond motifs is 1. The predicted octanol–water partition coefficient (Wildman–Crippen LogP) is 1.91. The number of sulfone groups is 1. The van der Waals surface area contributed by atoms with Crippen molar-refractivity contribution >= 4 is 32.5 Å². The molecule has 6 nitrogen and oxygen atoms in total. The topological polar surface area (TPSA) is 84.0 Å². The van der Waals surface area contributed by atoms with Crippen LogP contribution in [0.5, 0.6) is 0 Å². The number of aromatic nitrogens is 2. The molecule has 0 saturated heterocycles. The standard InChI is InChI=1S/C14H20N4O2S/c1-3-15-14-17-12-8-6-5-7-11(12)13(18-14)16-9-10-21(19,20)4-2/h5-8H,3-4,9-10H2,1-2H3,(H2,15,16,17,18). The number of para-hydroxylation sites is 1. The summed E-state index contributed by atoms with van der Waals surface area (Å²) >= 11 is 0. The fourth-order valence-corrected chi connectivity index (χ4v) is 2.62. The van der Waals surface area contributed by atoms with Crippen molar-refractivity contribution in [3.63, 3.8) is 0 Å². The van der Waals surface area contributed by atoms with Crippen molar-refractivity contribution in [1.29, 1.82) is 0 Å². The molecule has 114 valence electrons. The van der Waals surface area contributed by atoms with Gasteiger partial charge in [0.1, 0.15) is 5.82 Å². The Hall–Kier alpha value is -1.89. The highest BCUT2D eigenvalue weighted by molar-refractivity contribution is 7.91. The number of nitrogens with zero attached hydrogens (tertiary/aromatic N) is 2. The van der Waals surface area contributed by atoms with E-state index < -0.39 is 9.84 Å². The van der Waals surface area contributed by atoms with Gasteiger partial charge in [-0.1, -0.05) is 19.1 Å². The molecule has 0 radical (unpaired) electrons. The van der Waals surface area contributed by atoms with E-state index in [0.717, 1.165) is 17.4 Å². The van der Waals surface area contributed by atoms with Gasteiger partial charge in [0.2, 0.25) is 5.95 Å². The van der Waals surface area contributed by atoms with Crippen molar-refractivity contribution in [2.45, 2.75) is 13.8 Å². The Bertz CT molecular complexity index is 716. The molecule has 0 bridgehead atoms. The van der Waals surface area contributed by atoms with Gasteiger partial charge < -0.3 is 10.6 Å². The summed E-state index contributed by atoms with van der Waals surface area (Å²) in [6.07, 6.45) is 0. The van der Waals surface area contributed by atoms with Crippen molar-refractivity contribution < 1.29 is 8.42 Å². The smallest absolute Gasteiger partial charge is 0.225 e. The SMILES string of the molecule is CCNc1nc(NCCS(=O)(=O)CC)c2ccccc2n1. The van der Waals surface area contributed by atoms with Gasteiger partial charge >= 0.3 is 0 Å². The highest BCUT2D eigenvalue weighted by Gasteiger charge is 2.10. The quantitative estimate of drug-likeness (QED) is 0.813. The summed E-state index contributed by atoms with van der Waals surface area (Å²) in [5, 5.41) is 7.07. The molecule has 0 unspecified atom stereocenters. The van der Waals surface area contributed by atoms with Crippen molar-refractivity contribution in [2.75, 3.05) is 35.2 Å². The molecule has 7 heteroatoms. The van der Waals surface area contributed by atoms with Crippen LogP contribution in [0.1, 0.15) is 13.8 Å². The van der Waals surface area contributed by atoms with E-state index in [0.29, 0.717) is 18.3 Å². The van der Waals surface area contributed by atoms with Crippen LogP contribution >= 0.6 is 0 Å². The van der Waals surface area contributed by atoms with Crippen LogP contribution in [-0.4, -0.2) is 43.0 Å². The second-order valence-electron chi connectivity index (χ2n) is 4.61. The molecule has 0 aliphatic heterocycles. The number of rotatable bonds is 7. The van der Waals surface area contributed by atoms with Gasteiger partial charge in [-0.2, -0.15) is 4.98 Å². The lowest BCUT2D eigenvalue weighted by molar-refractivity contribution is 0.597. The first kappa shape index (κ1) is 15.5. The van der Waals surface area contributed by atoms with Crippen molar-refractivity contribution in [1.82, 2.24) is 9.97 Å². The minimum absolute atomic E-state index is 0.0956. The molecule has 2 N–H and O–H groups in total. The van der Waals surface area contributed by atoms with E-state index in [1.54, 1.807) is 6.92 Å². The average Bonchev–Trinajstić information content (AvgIpc) is 2.47. The van der Waals surface area contributed by atoms with Crippen LogP contribution in [0.3, 0.4) is 0 Å².